The summed E-state index contributed by atoms with van der Waals surface area (Å²) >= 11 is 0. The Bertz CT molecular complexity index is 652. The number of hydrogen-bond acceptors (Lipinski definition) is 4. The lowest BCUT2D eigenvalue weighted by atomic mass is 10.2. The van der Waals surface area contributed by atoms with Crippen molar-refractivity contribution >= 4 is 11.9 Å². The zero-order chi connectivity index (χ0) is 15.5. The highest BCUT2D eigenvalue weighted by molar-refractivity contribution is 5.81. The first-order chi connectivity index (χ1) is 9.86. The highest BCUT2D eigenvalue weighted by atomic mass is 19.4. The summed E-state index contributed by atoms with van der Waals surface area (Å²) in [5.74, 6) is -0.531. The lowest BCUT2D eigenvalue weighted by Crippen LogP contribution is -2.04. The predicted molar refractivity (Wildman–Crippen MR) is 72.4 cm³/mol. The van der Waals surface area contributed by atoms with Gasteiger partial charge in [-0.15, -0.1) is 0 Å². The van der Waals surface area contributed by atoms with Gasteiger partial charge in [-0.2, -0.15) is 18.3 Å². The fraction of sp³-hybridized carbons (Fsp3) is 0.0714. The van der Waals surface area contributed by atoms with E-state index in [1.807, 2.05) is 0 Å². The Morgan fingerprint density at radius 1 is 0.952 bits per heavy atom. The van der Waals surface area contributed by atoms with Gasteiger partial charge in [0, 0.05) is 0 Å². The molecule has 0 heterocycles. The third kappa shape index (κ3) is 3.88. The van der Waals surface area contributed by atoms with Gasteiger partial charge >= 0.3 is 6.18 Å². The van der Waals surface area contributed by atoms with Gasteiger partial charge in [0.05, 0.1) is 17.5 Å². The van der Waals surface area contributed by atoms with Crippen molar-refractivity contribution in [1.29, 1.82) is 0 Å². The Kier molecular flexibility index (Phi) is 4.02. The number of phenolic OH excluding ortho intramolecular Hbond substituents is 2. The molecular weight excluding hydrogens is 285 g/mol. The number of anilines is 1. The van der Waals surface area contributed by atoms with E-state index in [0.29, 0.717) is 11.3 Å². The highest BCUT2D eigenvalue weighted by Crippen LogP contribution is 2.29. The molecule has 0 saturated carbocycles. The summed E-state index contributed by atoms with van der Waals surface area (Å²) in [6.45, 7) is 0. The molecule has 3 N–H and O–H groups in total. The second-order valence-electron chi connectivity index (χ2n) is 4.19. The third-order valence-electron chi connectivity index (χ3n) is 2.62. The number of phenols is 2. The first-order valence-electron chi connectivity index (χ1n) is 5.84. The van der Waals surface area contributed by atoms with E-state index >= 15 is 0 Å². The van der Waals surface area contributed by atoms with Gasteiger partial charge in [0.1, 0.15) is 0 Å². The Morgan fingerprint density at radius 3 is 2.19 bits per heavy atom. The molecule has 0 saturated heterocycles. The number of hydrazone groups is 1. The summed E-state index contributed by atoms with van der Waals surface area (Å²) in [5.41, 5.74) is 2.74. The van der Waals surface area contributed by atoms with Crippen LogP contribution in [0.2, 0.25) is 0 Å². The fourth-order valence-corrected chi connectivity index (χ4v) is 1.54. The van der Waals surface area contributed by atoms with Crippen LogP contribution in [0, 0.1) is 0 Å². The number of alkyl halides is 3. The predicted octanol–water partition coefficient (Wildman–Crippen LogP) is 3.56. The molecule has 2 rings (SSSR count). The monoisotopic (exact) mass is 296 g/mol. The molecule has 0 fully saturated rings. The molecule has 2 aromatic carbocycles. The maximum absolute atomic E-state index is 12.4. The highest BCUT2D eigenvalue weighted by Gasteiger charge is 2.29. The van der Waals surface area contributed by atoms with E-state index in [9.17, 15) is 18.3 Å². The van der Waals surface area contributed by atoms with Crippen molar-refractivity contribution in [2.24, 2.45) is 5.10 Å². The van der Waals surface area contributed by atoms with Crippen LogP contribution in [0.15, 0.2) is 47.6 Å². The molecule has 0 atom stereocenters. The van der Waals surface area contributed by atoms with Crippen LogP contribution in [0.4, 0.5) is 18.9 Å². The van der Waals surface area contributed by atoms with Crippen molar-refractivity contribution in [2.75, 3.05) is 5.43 Å². The fourth-order valence-electron chi connectivity index (χ4n) is 1.54. The van der Waals surface area contributed by atoms with Crippen LogP contribution < -0.4 is 5.43 Å². The number of halogens is 3. The Balaban J connectivity index is 2.02. The van der Waals surface area contributed by atoms with E-state index in [2.05, 4.69) is 10.5 Å². The van der Waals surface area contributed by atoms with Gasteiger partial charge in [0.15, 0.2) is 11.5 Å². The molecule has 0 bridgehead atoms. The van der Waals surface area contributed by atoms with Gasteiger partial charge in [0.2, 0.25) is 0 Å². The Hall–Kier alpha value is -2.70. The minimum absolute atomic E-state index is 0.247. The van der Waals surface area contributed by atoms with E-state index in [1.54, 1.807) is 0 Å². The molecule has 0 aromatic heterocycles. The largest absolute Gasteiger partial charge is 0.504 e. The molecule has 0 amide bonds. The molecule has 21 heavy (non-hydrogen) atoms. The van der Waals surface area contributed by atoms with Crippen molar-refractivity contribution in [1.82, 2.24) is 0 Å². The number of benzene rings is 2. The Morgan fingerprint density at radius 2 is 1.62 bits per heavy atom. The topological polar surface area (TPSA) is 64.9 Å². The van der Waals surface area contributed by atoms with E-state index in [0.717, 1.165) is 12.1 Å². The zero-order valence-electron chi connectivity index (χ0n) is 10.6. The second kappa shape index (κ2) is 5.74. The van der Waals surface area contributed by atoms with Crippen LogP contribution in [-0.2, 0) is 6.18 Å². The van der Waals surface area contributed by atoms with Crippen molar-refractivity contribution in [3.05, 3.63) is 53.6 Å². The van der Waals surface area contributed by atoms with Gasteiger partial charge in [-0.3, -0.25) is 5.43 Å². The molecule has 0 unspecified atom stereocenters. The van der Waals surface area contributed by atoms with Gasteiger partial charge in [-0.1, -0.05) is 0 Å². The number of hydrogen-bond donors (Lipinski definition) is 3. The number of nitrogens with zero attached hydrogens (tertiary/aromatic N) is 1. The van der Waals surface area contributed by atoms with E-state index < -0.39 is 11.7 Å². The average molecular weight is 296 g/mol. The first kappa shape index (κ1) is 14.7. The van der Waals surface area contributed by atoms with Crippen LogP contribution >= 0.6 is 0 Å². The molecule has 0 radical (unpaired) electrons. The molecule has 4 nitrogen and oxygen atoms in total. The molecule has 0 spiro atoms. The number of nitrogens with one attached hydrogen (secondary N) is 1. The summed E-state index contributed by atoms with van der Waals surface area (Å²) in [6.07, 6.45) is -3.01. The number of rotatable bonds is 3. The van der Waals surface area contributed by atoms with Gasteiger partial charge in [-0.25, -0.2) is 0 Å². The van der Waals surface area contributed by atoms with Gasteiger partial charge < -0.3 is 10.2 Å². The van der Waals surface area contributed by atoms with Crippen LogP contribution in [-0.4, -0.2) is 16.4 Å². The molecular formula is C14H11F3N2O2. The lowest BCUT2D eigenvalue weighted by molar-refractivity contribution is -0.137. The lowest BCUT2D eigenvalue weighted by Gasteiger charge is -2.07. The standard InChI is InChI=1S/C14H11F3N2O2/c15-14(16,17)10-2-4-11(5-3-10)19-18-8-9-1-6-12(20)13(21)7-9/h1-8,19-21H/b18-8+. The van der Waals surface area contributed by atoms with E-state index in [-0.39, 0.29) is 11.5 Å². The van der Waals surface area contributed by atoms with Crippen molar-refractivity contribution < 1.29 is 23.4 Å². The molecule has 7 heteroatoms. The van der Waals surface area contributed by atoms with Gasteiger partial charge in [0.25, 0.3) is 0 Å². The first-order valence-corrected chi connectivity index (χ1v) is 5.84. The normalized spacial score (nSPS) is 11.8. The Labute approximate surface area is 118 Å². The van der Waals surface area contributed by atoms with Gasteiger partial charge in [-0.05, 0) is 48.0 Å². The number of aromatic hydroxyl groups is 2. The van der Waals surface area contributed by atoms with Crippen LogP contribution in [0.3, 0.4) is 0 Å². The minimum Gasteiger partial charge on any atom is -0.504 e. The second-order valence-corrected chi connectivity index (χ2v) is 4.19. The SMILES string of the molecule is Oc1ccc(/C=N/Nc2ccc(C(F)(F)F)cc2)cc1O. The van der Waals surface area contributed by atoms with E-state index in [1.165, 1.54) is 36.5 Å². The van der Waals surface area contributed by atoms with Crippen LogP contribution in [0.25, 0.3) is 0 Å². The summed E-state index contributed by atoms with van der Waals surface area (Å²) in [4.78, 5) is 0. The van der Waals surface area contributed by atoms with Crippen LogP contribution in [0.1, 0.15) is 11.1 Å². The van der Waals surface area contributed by atoms with E-state index in [4.69, 9.17) is 5.11 Å². The molecule has 0 aliphatic rings. The molecule has 2 aromatic rings. The third-order valence-corrected chi connectivity index (χ3v) is 2.62. The zero-order valence-corrected chi connectivity index (χ0v) is 10.6. The smallest absolute Gasteiger partial charge is 0.416 e. The maximum Gasteiger partial charge on any atom is 0.416 e. The van der Waals surface area contributed by atoms with Crippen molar-refractivity contribution in [3.8, 4) is 11.5 Å². The van der Waals surface area contributed by atoms with Crippen LogP contribution in [0.5, 0.6) is 11.5 Å². The summed E-state index contributed by atoms with van der Waals surface area (Å²) in [7, 11) is 0. The van der Waals surface area contributed by atoms with Crippen molar-refractivity contribution in [2.45, 2.75) is 6.18 Å². The maximum atomic E-state index is 12.4. The quantitative estimate of drug-likeness (QED) is 0.461. The summed E-state index contributed by atoms with van der Waals surface area (Å²) in [5, 5.41) is 22.2. The minimum atomic E-state index is -4.37. The summed E-state index contributed by atoms with van der Waals surface area (Å²) in [6, 6.07) is 8.53. The van der Waals surface area contributed by atoms with Crippen molar-refractivity contribution in [3.63, 3.8) is 0 Å². The average Bonchev–Trinajstić information content (AvgIpc) is 2.42. The molecule has 110 valence electrons. The molecule has 0 aliphatic heterocycles. The summed E-state index contributed by atoms with van der Waals surface area (Å²) < 4.78 is 37.1. The molecule has 0 aliphatic carbocycles.